The second-order valence-corrected chi connectivity index (χ2v) is 7.28. The first-order valence-electron chi connectivity index (χ1n) is 10.1. The number of nitrogens with one attached hydrogen (secondary N) is 1. The van der Waals surface area contributed by atoms with Crippen molar-refractivity contribution in [1.29, 1.82) is 0 Å². The van der Waals surface area contributed by atoms with Gasteiger partial charge in [-0.05, 0) is 55.1 Å². The zero-order valence-corrected chi connectivity index (χ0v) is 17.0. The summed E-state index contributed by atoms with van der Waals surface area (Å²) in [5.41, 5.74) is 3.41. The van der Waals surface area contributed by atoms with E-state index in [-0.39, 0.29) is 12.5 Å². The lowest BCUT2D eigenvalue weighted by molar-refractivity contribution is -0.113. The summed E-state index contributed by atoms with van der Waals surface area (Å²) in [5, 5.41) is 2.97. The second kappa shape index (κ2) is 8.57. The number of methoxy groups -OCH3 is 1. The van der Waals surface area contributed by atoms with Crippen molar-refractivity contribution < 1.29 is 14.3 Å². The average Bonchev–Trinajstić information content (AvgIpc) is 2.79. The zero-order valence-electron chi connectivity index (χ0n) is 17.0. The van der Waals surface area contributed by atoms with Crippen LogP contribution in [0.5, 0.6) is 11.5 Å². The Labute approximate surface area is 171 Å². The number of hydrogen-bond donors (Lipinski definition) is 1. The van der Waals surface area contributed by atoms with Crippen LogP contribution < -0.4 is 19.7 Å². The maximum Gasteiger partial charge on any atom is 0.255 e. The molecule has 29 heavy (non-hydrogen) atoms. The van der Waals surface area contributed by atoms with Gasteiger partial charge in [-0.15, -0.1) is 0 Å². The molecule has 6 heteroatoms. The fraction of sp³-hybridized carbons (Fsp3) is 0.348. The number of ether oxygens (including phenoxy) is 2. The molecule has 0 bridgehead atoms. The van der Waals surface area contributed by atoms with Crippen LogP contribution in [0.2, 0.25) is 0 Å². The number of carbonyl (C=O) groups is 1. The Morgan fingerprint density at radius 1 is 1.10 bits per heavy atom. The van der Waals surface area contributed by atoms with Crippen molar-refractivity contribution in [2.75, 3.05) is 56.7 Å². The maximum atomic E-state index is 12.7. The minimum atomic E-state index is -0.150. The topological polar surface area (TPSA) is 54.0 Å². The predicted molar refractivity (Wildman–Crippen MR) is 116 cm³/mol. The number of anilines is 2. The van der Waals surface area contributed by atoms with Gasteiger partial charge in [-0.2, -0.15) is 0 Å². The van der Waals surface area contributed by atoms with Crippen LogP contribution in [0.3, 0.4) is 0 Å². The van der Waals surface area contributed by atoms with Gasteiger partial charge in [-0.1, -0.05) is 6.92 Å². The summed E-state index contributed by atoms with van der Waals surface area (Å²) in [6, 6.07) is 13.6. The largest absolute Gasteiger partial charge is 0.497 e. The molecule has 0 aromatic heterocycles. The number of amides is 1. The van der Waals surface area contributed by atoms with E-state index in [9.17, 15) is 4.79 Å². The van der Waals surface area contributed by atoms with Crippen LogP contribution in [0.15, 0.2) is 48.0 Å². The van der Waals surface area contributed by atoms with Crippen LogP contribution >= 0.6 is 0 Å². The number of nitrogens with zero attached hydrogens (tertiary/aromatic N) is 2. The fourth-order valence-electron chi connectivity index (χ4n) is 3.70. The van der Waals surface area contributed by atoms with Crippen molar-refractivity contribution >= 4 is 23.4 Å². The van der Waals surface area contributed by atoms with Gasteiger partial charge in [0.25, 0.3) is 5.91 Å². The molecule has 2 aliphatic rings. The molecule has 152 valence electrons. The Hall–Kier alpha value is -2.99. The Kier molecular flexibility index (Phi) is 5.71. The predicted octanol–water partition coefficient (Wildman–Crippen LogP) is 3.25. The highest BCUT2D eigenvalue weighted by molar-refractivity contribution is 6.07. The monoisotopic (exact) mass is 393 g/mol. The van der Waals surface area contributed by atoms with Gasteiger partial charge in [0.15, 0.2) is 0 Å². The maximum absolute atomic E-state index is 12.7. The summed E-state index contributed by atoms with van der Waals surface area (Å²) < 4.78 is 11.0. The molecule has 0 radical (unpaired) electrons. The lowest BCUT2D eigenvalue weighted by Crippen LogP contribution is -2.46. The van der Waals surface area contributed by atoms with E-state index in [0.29, 0.717) is 5.57 Å². The quantitative estimate of drug-likeness (QED) is 0.845. The highest BCUT2D eigenvalue weighted by Gasteiger charge is 2.19. The van der Waals surface area contributed by atoms with Crippen LogP contribution in [0, 0.1) is 0 Å². The van der Waals surface area contributed by atoms with Gasteiger partial charge in [-0.25, -0.2) is 0 Å². The summed E-state index contributed by atoms with van der Waals surface area (Å²) in [6.45, 7) is 7.82. The molecule has 0 saturated carbocycles. The molecular formula is C23H27N3O3. The van der Waals surface area contributed by atoms with Crippen molar-refractivity contribution in [1.82, 2.24) is 4.90 Å². The number of rotatable bonds is 5. The molecule has 4 rings (SSSR count). The van der Waals surface area contributed by atoms with Gasteiger partial charge < -0.3 is 24.6 Å². The van der Waals surface area contributed by atoms with Gasteiger partial charge in [0.05, 0.1) is 12.7 Å². The Bertz CT molecular complexity index is 900. The molecule has 1 amide bonds. The van der Waals surface area contributed by atoms with E-state index in [0.717, 1.165) is 55.5 Å². The van der Waals surface area contributed by atoms with E-state index in [1.807, 2.05) is 36.4 Å². The van der Waals surface area contributed by atoms with Crippen LogP contribution in [0.25, 0.3) is 6.08 Å². The molecule has 0 unspecified atom stereocenters. The van der Waals surface area contributed by atoms with E-state index in [4.69, 9.17) is 9.47 Å². The molecular weight excluding hydrogens is 366 g/mol. The molecule has 2 aliphatic heterocycles. The second-order valence-electron chi connectivity index (χ2n) is 7.28. The third-order valence-corrected chi connectivity index (χ3v) is 5.53. The molecule has 0 aliphatic carbocycles. The minimum Gasteiger partial charge on any atom is -0.497 e. The first-order valence-corrected chi connectivity index (χ1v) is 10.1. The summed E-state index contributed by atoms with van der Waals surface area (Å²) in [4.78, 5) is 17.5. The van der Waals surface area contributed by atoms with Crippen LogP contribution in [0.4, 0.5) is 11.4 Å². The lowest BCUT2D eigenvalue weighted by Gasteiger charge is -2.35. The molecule has 2 heterocycles. The number of likely N-dealkylation sites (N-methyl/N-ethyl adjacent to an activating group) is 1. The fourth-order valence-corrected chi connectivity index (χ4v) is 3.70. The smallest absolute Gasteiger partial charge is 0.255 e. The summed E-state index contributed by atoms with van der Waals surface area (Å²) >= 11 is 0. The van der Waals surface area contributed by atoms with Gasteiger partial charge in [-0.3, -0.25) is 4.79 Å². The van der Waals surface area contributed by atoms with E-state index in [2.05, 4.69) is 34.2 Å². The lowest BCUT2D eigenvalue weighted by atomic mass is 10.1. The molecule has 2 aromatic carbocycles. The number of hydrogen-bond acceptors (Lipinski definition) is 5. The van der Waals surface area contributed by atoms with Crippen LogP contribution in [-0.2, 0) is 4.79 Å². The van der Waals surface area contributed by atoms with E-state index in [1.54, 1.807) is 7.11 Å². The third-order valence-electron chi connectivity index (χ3n) is 5.53. The highest BCUT2D eigenvalue weighted by atomic mass is 16.5. The number of piperazine rings is 1. The van der Waals surface area contributed by atoms with Crippen molar-refractivity contribution in [3.05, 3.63) is 53.6 Å². The first-order chi connectivity index (χ1) is 14.2. The van der Waals surface area contributed by atoms with Crippen molar-refractivity contribution in [3.63, 3.8) is 0 Å². The number of carbonyl (C=O) groups excluding carboxylic acids is 1. The Balaban J connectivity index is 1.40. The van der Waals surface area contributed by atoms with Crippen LogP contribution in [-0.4, -0.2) is 57.2 Å². The molecule has 1 fully saturated rings. The first kappa shape index (κ1) is 19.3. The standard InChI is InChI=1S/C23H27N3O3/c1-3-25-10-12-26(13-11-25)20-6-4-19(5-7-20)24-23(27)18-14-17-15-21(28-2)8-9-22(17)29-16-18/h4-9,14-15H,3,10-13,16H2,1-2H3,(H,24,27). The Morgan fingerprint density at radius 3 is 2.55 bits per heavy atom. The van der Waals surface area contributed by atoms with Crippen LogP contribution in [0.1, 0.15) is 12.5 Å². The number of benzene rings is 2. The number of fused-ring (bicyclic) bond motifs is 1. The summed E-state index contributed by atoms with van der Waals surface area (Å²) in [7, 11) is 1.62. The third kappa shape index (κ3) is 4.38. The SMILES string of the molecule is CCN1CCN(c2ccc(NC(=O)C3=Cc4cc(OC)ccc4OC3)cc2)CC1. The average molecular weight is 393 g/mol. The van der Waals surface area contributed by atoms with Crippen molar-refractivity contribution in [2.24, 2.45) is 0 Å². The molecule has 0 spiro atoms. The Morgan fingerprint density at radius 2 is 1.86 bits per heavy atom. The van der Waals surface area contributed by atoms with Crippen molar-refractivity contribution in [2.45, 2.75) is 6.92 Å². The highest BCUT2D eigenvalue weighted by Crippen LogP contribution is 2.30. The van der Waals surface area contributed by atoms with Gasteiger partial charge in [0.2, 0.25) is 0 Å². The van der Waals surface area contributed by atoms with Crippen molar-refractivity contribution in [3.8, 4) is 11.5 Å². The van der Waals surface area contributed by atoms with E-state index < -0.39 is 0 Å². The molecule has 1 N–H and O–H groups in total. The molecule has 0 atom stereocenters. The summed E-state index contributed by atoms with van der Waals surface area (Å²) in [5.74, 6) is 1.35. The molecule has 6 nitrogen and oxygen atoms in total. The molecule has 2 aromatic rings. The summed E-state index contributed by atoms with van der Waals surface area (Å²) in [6.07, 6.45) is 1.86. The molecule has 1 saturated heterocycles. The van der Waals surface area contributed by atoms with E-state index >= 15 is 0 Å². The zero-order chi connectivity index (χ0) is 20.2. The minimum absolute atomic E-state index is 0.150. The normalized spacial score (nSPS) is 16.5. The van der Waals surface area contributed by atoms with E-state index in [1.165, 1.54) is 5.69 Å². The van der Waals surface area contributed by atoms with Gasteiger partial charge in [0, 0.05) is 43.1 Å². The van der Waals surface area contributed by atoms with Gasteiger partial charge in [0.1, 0.15) is 18.1 Å². The van der Waals surface area contributed by atoms with Gasteiger partial charge >= 0.3 is 0 Å².